The summed E-state index contributed by atoms with van der Waals surface area (Å²) in [7, 11) is 0. The second-order valence-electron chi connectivity index (χ2n) is 5.81. The van der Waals surface area contributed by atoms with E-state index in [1.807, 2.05) is 37.3 Å². The van der Waals surface area contributed by atoms with Crippen molar-refractivity contribution < 1.29 is 4.79 Å². The summed E-state index contributed by atoms with van der Waals surface area (Å²) in [4.78, 5) is 26.4. The van der Waals surface area contributed by atoms with Gasteiger partial charge in [-0.25, -0.2) is 4.68 Å². The second kappa shape index (κ2) is 8.08. The molecular formula is C17H21ClN4O2. The Morgan fingerprint density at radius 2 is 2.00 bits per heavy atom. The molecule has 0 aliphatic carbocycles. The molecule has 0 spiro atoms. The molecule has 1 saturated heterocycles. The normalized spacial score (nSPS) is 17.2. The number of hydrogen-bond donors (Lipinski definition) is 1. The van der Waals surface area contributed by atoms with E-state index in [1.54, 1.807) is 4.90 Å². The second-order valence-corrected chi connectivity index (χ2v) is 5.81. The molecule has 1 aliphatic rings. The number of hydrogen-bond acceptors (Lipinski definition) is 4. The molecule has 6 nitrogen and oxygen atoms in total. The van der Waals surface area contributed by atoms with Crippen LogP contribution in [-0.4, -0.2) is 46.3 Å². The summed E-state index contributed by atoms with van der Waals surface area (Å²) < 4.78 is 1.34. The molecule has 1 amide bonds. The molecular weight excluding hydrogens is 328 g/mol. The van der Waals surface area contributed by atoms with Crippen LogP contribution in [0.5, 0.6) is 0 Å². The van der Waals surface area contributed by atoms with E-state index in [9.17, 15) is 9.59 Å². The van der Waals surface area contributed by atoms with Crippen molar-refractivity contribution in [1.29, 1.82) is 0 Å². The lowest BCUT2D eigenvalue weighted by Crippen LogP contribution is -2.51. The van der Waals surface area contributed by atoms with Gasteiger partial charge in [-0.3, -0.25) is 9.59 Å². The average molecular weight is 349 g/mol. The summed E-state index contributed by atoms with van der Waals surface area (Å²) in [5.74, 6) is -0.125. The first-order valence-corrected chi connectivity index (χ1v) is 7.78. The van der Waals surface area contributed by atoms with E-state index >= 15 is 0 Å². The standard InChI is InChI=1S/C17H20N4O2.ClH/c1-13-11-20(10-9-18-13)17(23)15-7-8-16(22)21(19-15)12-14-5-3-2-4-6-14;/h2-8,13,18H,9-12H2,1H3;1H. The molecule has 128 valence electrons. The molecule has 0 bridgehead atoms. The van der Waals surface area contributed by atoms with Gasteiger partial charge in [0.2, 0.25) is 0 Å². The van der Waals surface area contributed by atoms with E-state index in [1.165, 1.54) is 16.8 Å². The Bertz CT molecular complexity index is 748. The molecule has 24 heavy (non-hydrogen) atoms. The van der Waals surface area contributed by atoms with Crippen molar-refractivity contribution in [3.63, 3.8) is 0 Å². The van der Waals surface area contributed by atoms with Gasteiger partial charge in [-0.15, -0.1) is 12.4 Å². The van der Waals surface area contributed by atoms with Crippen molar-refractivity contribution in [2.45, 2.75) is 19.5 Å². The van der Waals surface area contributed by atoms with Gasteiger partial charge in [0.15, 0.2) is 0 Å². The van der Waals surface area contributed by atoms with E-state index in [2.05, 4.69) is 10.4 Å². The van der Waals surface area contributed by atoms with Crippen molar-refractivity contribution in [2.75, 3.05) is 19.6 Å². The summed E-state index contributed by atoms with van der Waals surface area (Å²) in [6.07, 6.45) is 0. The quantitative estimate of drug-likeness (QED) is 0.903. The van der Waals surface area contributed by atoms with Gasteiger partial charge >= 0.3 is 0 Å². The summed E-state index contributed by atoms with van der Waals surface area (Å²) in [6.45, 7) is 4.49. The molecule has 1 aliphatic heterocycles. The highest BCUT2D eigenvalue weighted by atomic mass is 35.5. The third kappa shape index (κ3) is 4.21. The highest BCUT2D eigenvalue weighted by Crippen LogP contribution is 2.06. The van der Waals surface area contributed by atoms with Gasteiger partial charge < -0.3 is 10.2 Å². The van der Waals surface area contributed by atoms with Crippen molar-refractivity contribution >= 4 is 18.3 Å². The average Bonchev–Trinajstić information content (AvgIpc) is 2.57. The summed E-state index contributed by atoms with van der Waals surface area (Å²) in [6, 6.07) is 12.8. The minimum Gasteiger partial charge on any atom is -0.334 e. The monoisotopic (exact) mass is 348 g/mol. The number of halogens is 1. The molecule has 0 radical (unpaired) electrons. The molecule has 2 heterocycles. The number of nitrogens with one attached hydrogen (secondary N) is 1. The molecule has 1 unspecified atom stereocenters. The molecule has 1 fully saturated rings. The topological polar surface area (TPSA) is 67.2 Å². The first-order valence-electron chi connectivity index (χ1n) is 7.78. The van der Waals surface area contributed by atoms with Gasteiger partial charge in [0.25, 0.3) is 11.5 Å². The van der Waals surface area contributed by atoms with E-state index in [0.717, 1.165) is 12.1 Å². The first kappa shape index (κ1) is 18.2. The van der Waals surface area contributed by atoms with Gasteiger partial charge in [-0.05, 0) is 18.6 Å². The minimum atomic E-state index is -0.209. The van der Waals surface area contributed by atoms with Crippen LogP contribution in [0.2, 0.25) is 0 Å². The van der Waals surface area contributed by atoms with Crippen LogP contribution < -0.4 is 10.9 Å². The number of piperazine rings is 1. The Kier molecular flexibility index (Phi) is 6.11. The molecule has 3 rings (SSSR count). The summed E-state index contributed by atoms with van der Waals surface area (Å²) in [5.41, 5.74) is 1.08. The predicted molar refractivity (Wildman–Crippen MR) is 94.7 cm³/mol. The number of amides is 1. The van der Waals surface area contributed by atoms with Gasteiger partial charge in [0.1, 0.15) is 5.69 Å². The van der Waals surface area contributed by atoms with E-state index in [0.29, 0.717) is 25.3 Å². The molecule has 1 aromatic heterocycles. The van der Waals surface area contributed by atoms with E-state index in [4.69, 9.17) is 0 Å². The lowest BCUT2D eigenvalue weighted by atomic mass is 10.2. The van der Waals surface area contributed by atoms with Gasteiger partial charge in [0, 0.05) is 31.7 Å². The van der Waals surface area contributed by atoms with Crippen molar-refractivity contribution in [1.82, 2.24) is 20.0 Å². The van der Waals surface area contributed by atoms with Crippen LogP contribution in [0.4, 0.5) is 0 Å². The Hall–Kier alpha value is -2.18. The third-order valence-corrected chi connectivity index (χ3v) is 3.92. The van der Waals surface area contributed by atoms with Crippen molar-refractivity contribution in [3.05, 3.63) is 64.1 Å². The fourth-order valence-corrected chi connectivity index (χ4v) is 2.71. The highest BCUT2D eigenvalue weighted by molar-refractivity contribution is 5.92. The molecule has 1 atom stereocenters. The van der Waals surface area contributed by atoms with Crippen LogP contribution in [0.1, 0.15) is 23.0 Å². The van der Waals surface area contributed by atoms with Crippen LogP contribution in [0.15, 0.2) is 47.3 Å². The predicted octanol–water partition coefficient (Wildman–Crippen LogP) is 1.15. The minimum absolute atomic E-state index is 0. The lowest BCUT2D eigenvalue weighted by Gasteiger charge is -2.31. The Balaban J connectivity index is 0.00000208. The van der Waals surface area contributed by atoms with Gasteiger partial charge in [-0.1, -0.05) is 30.3 Å². The maximum atomic E-state index is 12.6. The molecule has 1 N–H and O–H groups in total. The van der Waals surface area contributed by atoms with Gasteiger partial charge in [0.05, 0.1) is 6.54 Å². The number of carbonyl (C=O) groups is 1. The maximum Gasteiger partial charge on any atom is 0.274 e. The van der Waals surface area contributed by atoms with E-state index < -0.39 is 0 Å². The zero-order valence-corrected chi connectivity index (χ0v) is 14.3. The Morgan fingerprint density at radius 1 is 1.25 bits per heavy atom. The number of carbonyl (C=O) groups excluding carboxylic acids is 1. The molecule has 2 aromatic rings. The van der Waals surface area contributed by atoms with Crippen LogP contribution in [0, 0.1) is 0 Å². The van der Waals surface area contributed by atoms with Crippen molar-refractivity contribution in [3.8, 4) is 0 Å². The zero-order chi connectivity index (χ0) is 16.2. The SMILES string of the molecule is CC1CN(C(=O)c2ccc(=O)n(Cc3ccccc3)n2)CCN1.Cl. The first-order chi connectivity index (χ1) is 11.1. The number of aromatic nitrogens is 2. The van der Waals surface area contributed by atoms with Crippen LogP contribution >= 0.6 is 12.4 Å². The smallest absolute Gasteiger partial charge is 0.274 e. The Morgan fingerprint density at radius 3 is 2.71 bits per heavy atom. The van der Waals surface area contributed by atoms with Crippen molar-refractivity contribution in [2.24, 2.45) is 0 Å². The summed E-state index contributed by atoms with van der Waals surface area (Å²) in [5, 5.41) is 7.56. The molecule has 7 heteroatoms. The zero-order valence-electron chi connectivity index (χ0n) is 13.5. The molecule has 0 saturated carbocycles. The van der Waals surface area contributed by atoms with Crippen LogP contribution in [0.25, 0.3) is 0 Å². The highest BCUT2D eigenvalue weighted by Gasteiger charge is 2.23. The van der Waals surface area contributed by atoms with Crippen LogP contribution in [0.3, 0.4) is 0 Å². The maximum absolute atomic E-state index is 12.6. The number of rotatable bonds is 3. The fraction of sp³-hybridized carbons (Fsp3) is 0.353. The number of benzene rings is 1. The largest absolute Gasteiger partial charge is 0.334 e. The number of nitrogens with zero attached hydrogens (tertiary/aromatic N) is 3. The Labute approximate surface area is 146 Å². The third-order valence-electron chi connectivity index (χ3n) is 3.92. The summed E-state index contributed by atoms with van der Waals surface area (Å²) >= 11 is 0. The fourth-order valence-electron chi connectivity index (χ4n) is 2.71. The molecule has 1 aromatic carbocycles. The van der Waals surface area contributed by atoms with Gasteiger partial charge in [-0.2, -0.15) is 5.10 Å². The van der Waals surface area contributed by atoms with E-state index in [-0.39, 0.29) is 29.9 Å². The van der Waals surface area contributed by atoms with Crippen LogP contribution in [-0.2, 0) is 6.54 Å². The lowest BCUT2D eigenvalue weighted by molar-refractivity contribution is 0.0700.